The van der Waals surface area contributed by atoms with Crippen LogP contribution in [0.25, 0.3) is 22.0 Å². The first-order valence-electron chi connectivity index (χ1n) is 13.4. The van der Waals surface area contributed by atoms with Crippen molar-refractivity contribution in [3.8, 4) is 16.9 Å². The second kappa shape index (κ2) is 11.4. The van der Waals surface area contributed by atoms with E-state index in [-0.39, 0.29) is 34.8 Å². The molecule has 0 atom stereocenters. The third-order valence-electron chi connectivity index (χ3n) is 7.36. The lowest BCUT2D eigenvalue weighted by molar-refractivity contribution is -0.194. The Hall–Kier alpha value is -5.01. The highest BCUT2D eigenvalue weighted by molar-refractivity contribution is 6.30. The van der Waals surface area contributed by atoms with Crippen molar-refractivity contribution in [2.75, 3.05) is 5.32 Å². The third kappa shape index (κ3) is 5.98. The number of halogens is 7. The van der Waals surface area contributed by atoms with E-state index in [0.717, 1.165) is 10.1 Å². The van der Waals surface area contributed by atoms with Crippen molar-refractivity contribution in [1.82, 2.24) is 4.57 Å². The number of carboxylic acids is 1. The SMILES string of the molecule is O=C(Nc1c(C(=O)O)n(Cc2cc(C(F)(F)F)cc(C(F)(F)F)c2)c2cc(-c3ccc4c(c3)OOC4)ccc12)c1ccc(Cl)cc1. The zero-order chi connectivity index (χ0) is 33.0. The van der Waals surface area contributed by atoms with Crippen LogP contribution in [0.4, 0.5) is 32.0 Å². The molecule has 2 heterocycles. The zero-order valence-electron chi connectivity index (χ0n) is 23.1. The number of hydrogen-bond donors (Lipinski definition) is 2. The number of nitrogens with one attached hydrogen (secondary N) is 1. The maximum Gasteiger partial charge on any atom is 0.416 e. The molecule has 1 aliphatic heterocycles. The zero-order valence-corrected chi connectivity index (χ0v) is 23.8. The van der Waals surface area contributed by atoms with Gasteiger partial charge >= 0.3 is 18.3 Å². The number of anilines is 1. The summed E-state index contributed by atoms with van der Waals surface area (Å²) < 4.78 is 83.0. The van der Waals surface area contributed by atoms with Crippen LogP contribution in [-0.4, -0.2) is 21.6 Å². The second-order valence-corrected chi connectivity index (χ2v) is 10.8. The van der Waals surface area contributed by atoms with Crippen LogP contribution in [0.15, 0.2) is 78.9 Å². The maximum absolute atomic E-state index is 13.7. The summed E-state index contributed by atoms with van der Waals surface area (Å²) in [5, 5.41) is 13.4. The van der Waals surface area contributed by atoms with Gasteiger partial charge in [0.1, 0.15) is 6.61 Å². The fourth-order valence-corrected chi connectivity index (χ4v) is 5.34. The molecule has 7 nitrogen and oxygen atoms in total. The lowest BCUT2D eigenvalue weighted by Crippen LogP contribution is -2.17. The fourth-order valence-electron chi connectivity index (χ4n) is 5.21. The van der Waals surface area contributed by atoms with Gasteiger partial charge in [-0.2, -0.15) is 31.2 Å². The van der Waals surface area contributed by atoms with Gasteiger partial charge in [0.2, 0.25) is 0 Å². The van der Waals surface area contributed by atoms with Gasteiger partial charge in [0.15, 0.2) is 11.4 Å². The van der Waals surface area contributed by atoms with E-state index < -0.39 is 53.2 Å². The molecule has 2 N–H and O–H groups in total. The number of nitrogens with zero attached hydrogens (tertiary/aromatic N) is 1. The molecule has 6 rings (SSSR count). The van der Waals surface area contributed by atoms with Crippen LogP contribution in [0.3, 0.4) is 0 Å². The summed E-state index contributed by atoms with van der Waals surface area (Å²) in [6.07, 6.45) is -10.2. The average Bonchev–Trinajstić information content (AvgIpc) is 3.58. The Morgan fingerprint density at radius 1 is 0.848 bits per heavy atom. The molecule has 0 spiro atoms. The number of carbonyl (C=O) groups excluding carboxylic acids is 1. The van der Waals surface area contributed by atoms with E-state index in [4.69, 9.17) is 21.4 Å². The summed E-state index contributed by atoms with van der Waals surface area (Å²) in [6, 6.07) is 16.6. The molecular weight excluding hydrogens is 642 g/mol. The first-order chi connectivity index (χ1) is 21.7. The summed E-state index contributed by atoms with van der Waals surface area (Å²) in [6.45, 7) is -0.487. The van der Waals surface area contributed by atoms with Gasteiger partial charge in [0, 0.05) is 28.1 Å². The largest absolute Gasteiger partial charge is 0.477 e. The van der Waals surface area contributed by atoms with E-state index in [2.05, 4.69) is 5.32 Å². The van der Waals surface area contributed by atoms with Crippen LogP contribution in [-0.2, 0) is 30.4 Å². The molecule has 1 aliphatic rings. The van der Waals surface area contributed by atoms with E-state index in [9.17, 15) is 41.0 Å². The topological polar surface area (TPSA) is 89.8 Å². The van der Waals surface area contributed by atoms with Crippen molar-refractivity contribution < 1.29 is 50.8 Å². The van der Waals surface area contributed by atoms with Gasteiger partial charge < -0.3 is 19.9 Å². The molecule has 4 aromatic carbocycles. The number of carbonyl (C=O) groups is 2. The van der Waals surface area contributed by atoms with E-state index >= 15 is 0 Å². The highest BCUT2D eigenvalue weighted by Gasteiger charge is 2.37. The molecule has 236 valence electrons. The van der Waals surface area contributed by atoms with E-state index in [1.807, 2.05) is 0 Å². The molecule has 1 aromatic heterocycles. The molecule has 0 bridgehead atoms. The van der Waals surface area contributed by atoms with E-state index in [0.29, 0.717) is 34.0 Å². The van der Waals surface area contributed by atoms with Gasteiger partial charge in [-0.15, -0.1) is 0 Å². The maximum atomic E-state index is 13.7. The van der Waals surface area contributed by atoms with Crippen molar-refractivity contribution in [2.24, 2.45) is 0 Å². The number of amides is 1. The fraction of sp³-hybridized carbons (Fsp3) is 0.125. The third-order valence-corrected chi connectivity index (χ3v) is 7.62. The summed E-state index contributed by atoms with van der Waals surface area (Å²) >= 11 is 5.91. The van der Waals surface area contributed by atoms with Crippen molar-refractivity contribution in [3.63, 3.8) is 0 Å². The first-order valence-corrected chi connectivity index (χ1v) is 13.7. The molecule has 0 fully saturated rings. The molecule has 14 heteroatoms. The Balaban J connectivity index is 1.55. The molecule has 0 saturated carbocycles. The number of alkyl halides is 6. The molecule has 46 heavy (non-hydrogen) atoms. The van der Waals surface area contributed by atoms with Crippen molar-refractivity contribution in [3.05, 3.63) is 117 Å². The van der Waals surface area contributed by atoms with Gasteiger partial charge in [0.25, 0.3) is 5.91 Å². The smallest absolute Gasteiger partial charge is 0.416 e. The summed E-state index contributed by atoms with van der Waals surface area (Å²) in [5.74, 6) is -1.87. The molecule has 0 radical (unpaired) electrons. The van der Waals surface area contributed by atoms with E-state index in [1.54, 1.807) is 24.3 Å². The van der Waals surface area contributed by atoms with Crippen LogP contribution in [0.5, 0.6) is 5.75 Å². The summed E-state index contributed by atoms with van der Waals surface area (Å²) in [4.78, 5) is 36.0. The number of benzene rings is 4. The van der Waals surface area contributed by atoms with Crippen molar-refractivity contribution >= 4 is 40.1 Å². The Morgan fingerprint density at radius 2 is 1.48 bits per heavy atom. The average molecular weight is 661 g/mol. The summed E-state index contributed by atoms with van der Waals surface area (Å²) in [5.41, 5.74) is -2.22. The Bertz CT molecular complexity index is 1990. The normalized spacial score (nSPS) is 13.0. The monoisotopic (exact) mass is 660 g/mol. The number of rotatable bonds is 6. The van der Waals surface area contributed by atoms with Crippen molar-refractivity contribution in [1.29, 1.82) is 0 Å². The highest BCUT2D eigenvalue weighted by Crippen LogP contribution is 2.40. The number of fused-ring (bicyclic) bond motifs is 2. The van der Waals surface area contributed by atoms with Gasteiger partial charge in [-0.25, -0.2) is 4.79 Å². The molecular formula is C32H19ClF6N2O5. The van der Waals surface area contributed by atoms with Gasteiger partial charge in [-0.1, -0.05) is 35.9 Å². The summed E-state index contributed by atoms with van der Waals surface area (Å²) in [7, 11) is 0. The van der Waals surface area contributed by atoms with Crippen molar-refractivity contribution in [2.45, 2.75) is 25.5 Å². The molecule has 0 unspecified atom stereocenters. The van der Waals surface area contributed by atoms with Crippen LogP contribution in [0.2, 0.25) is 5.02 Å². The number of aromatic nitrogens is 1. The molecule has 0 saturated heterocycles. The van der Waals surface area contributed by atoms with Gasteiger partial charge in [-0.05, 0) is 71.3 Å². The lowest BCUT2D eigenvalue weighted by atomic mass is 10.0. The minimum Gasteiger partial charge on any atom is -0.477 e. The van der Waals surface area contributed by atoms with Crippen LogP contribution in [0, 0.1) is 0 Å². The van der Waals surface area contributed by atoms with Crippen LogP contribution >= 0.6 is 11.6 Å². The number of carboxylic acid groups (broad SMARTS) is 1. The van der Waals surface area contributed by atoms with Crippen LogP contribution < -0.4 is 10.2 Å². The molecule has 5 aromatic rings. The Morgan fingerprint density at radius 3 is 2.11 bits per heavy atom. The Labute approximate surface area is 260 Å². The quantitative estimate of drug-likeness (QED) is 0.140. The van der Waals surface area contributed by atoms with E-state index in [1.165, 1.54) is 36.4 Å². The predicted molar refractivity (Wildman–Crippen MR) is 155 cm³/mol. The standard InChI is InChI=1S/C32H19ClF6N2O5/c33-23-6-3-17(4-7-23)29(42)40-27-24-8-5-18(19-1-2-20-15-45-46-26(20)12-19)11-25(24)41(28(27)30(43)44)14-16-9-21(31(34,35)36)13-22(10-16)32(37,38)39/h1-13H,14-15H2,(H,40,42)(H,43,44). The van der Waals surface area contributed by atoms with Crippen LogP contribution in [0.1, 0.15) is 43.1 Å². The molecule has 1 amide bonds. The lowest BCUT2D eigenvalue weighted by Gasteiger charge is -2.16. The first kappa shape index (κ1) is 31.0. The number of hydrogen-bond acceptors (Lipinski definition) is 4. The predicted octanol–water partition coefficient (Wildman–Crippen LogP) is 8.82. The van der Waals surface area contributed by atoms with Gasteiger partial charge in [0.05, 0.1) is 22.3 Å². The van der Waals surface area contributed by atoms with Gasteiger partial charge in [-0.3, -0.25) is 4.79 Å². The second-order valence-electron chi connectivity index (χ2n) is 10.4. The molecule has 0 aliphatic carbocycles. The highest BCUT2D eigenvalue weighted by atomic mass is 35.5. The Kier molecular flexibility index (Phi) is 7.69. The number of aromatic carboxylic acids is 1. The minimum absolute atomic E-state index is 0.00905. The minimum atomic E-state index is -5.12.